The van der Waals surface area contributed by atoms with Crippen molar-refractivity contribution in [2.24, 2.45) is 0 Å². The van der Waals surface area contributed by atoms with E-state index in [2.05, 4.69) is 15.5 Å². The second-order valence-corrected chi connectivity index (χ2v) is 9.42. The van der Waals surface area contributed by atoms with Crippen LogP contribution in [0.2, 0.25) is 5.02 Å². The van der Waals surface area contributed by atoms with Gasteiger partial charge in [0.25, 0.3) is 11.8 Å². The zero-order valence-corrected chi connectivity index (χ0v) is 18.5. The molecule has 0 aliphatic rings. The van der Waals surface area contributed by atoms with Crippen LogP contribution in [-0.4, -0.2) is 26.6 Å². The molecule has 0 spiro atoms. The van der Waals surface area contributed by atoms with E-state index in [9.17, 15) is 26.6 Å². The Hall–Kier alpha value is -3.25. The van der Waals surface area contributed by atoms with Gasteiger partial charge in [-0.25, -0.2) is 13.4 Å². The Labute approximate surface area is 190 Å². The molecule has 13 heteroatoms. The Balaban J connectivity index is 2.07. The molecule has 0 aliphatic carbocycles. The standard InChI is InChI=1S/C20H15ClF4N4O3S/c1-10-16(18(30)27-11-4-3-5-13(8-11)33(2,26)31)19(29-28-17(10)20(23,24)25)32-12-6-7-14(21)15(22)9-12/h3-9,26H,1-2H3,(H,27,30). The van der Waals surface area contributed by atoms with Crippen LogP contribution >= 0.6 is 11.6 Å². The highest BCUT2D eigenvalue weighted by Crippen LogP contribution is 2.35. The Bertz CT molecular complexity index is 1350. The first-order valence-electron chi connectivity index (χ1n) is 9.00. The van der Waals surface area contributed by atoms with Crippen molar-refractivity contribution < 1.29 is 31.3 Å². The molecule has 3 aromatic rings. The summed E-state index contributed by atoms with van der Waals surface area (Å²) >= 11 is 5.62. The van der Waals surface area contributed by atoms with E-state index in [0.717, 1.165) is 19.1 Å². The molecular formula is C20H15ClF4N4O3S. The van der Waals surface area contributed by atoms with Crippen molar-refractivity contribution in [1.29, 1.82) is 4.78 Å². The number of ether oxygens (including phenoxy) is 1. The molecule has 2 N–H and O–H groups in total. The fraction of sp³-hybridized carbons (Fsp3) is 0.150. The molecule has 3 rings (SSSR count). The molecule has 0 aliphatic heterocycles. The van der Waals surface area contributed by atoms with Crippen LogP contribution in [0.15, 0.2) is 47.4 Å². The van der Waals surface area contributed by atoms with Gasteiger partial charge in [0.2, 0.25) is 0 Å². The zero-order chi connectivity index (χ0) is 24.6. The average molecular weight is 503 g/mol. The van der Waals surface area contributed by atoms with E-state index in [0.29, 0.717) is 0 Å². The molecule has 0 bridgehead atoms. The number of anilines is 1. The van der Waals surface area contributed by atoms with E-state index in [-0.39, 0.29) is 21.4 Å². The normalized spacial score (nSPS) is 13.3. The average Bonchev–Trinajstić information content (AvgIpc) is 2.69. The molecule has 1 atom stereocenters. The maximum absolute atomic E-state index is 13.7. The number of carbonyl (C=O) groups excluding carboxylic acids is 1. The third-order valence-electron chi connectivity index (χ3n) is 4.33. The summed E-state index contributed by atoms with van der Waals surface area (Å²) in [6, 6.07) is 8.76. The minimum atomic E-state index is -4.91. The maximum Gasteiger partial charge on any atom is 0.435 e. The third-order valence-corrected chi connectivity index (χ3v) is 5.79. The van der Waals surface area contributed by atoms with E-state index in [1.165, 1.54) is 36.6 Å². The second-order valence-electron chi connectivity index (χ2n) is 6.86. The summed E-state index contributed by atoms with van der Waals surface area (Å²) in [7, 11) is -3.11. The van der Waals surface area contributed by atoms with Crippen LogP contribution in [0.1, 0.15) is 21.6 Å². The number of amides is 1. The van der Waals surface area contributed by atoms with Gasteiger partial charge in [-0.1, -0.05) is 17.7 Å². The summed E-state index contributed by atoms with van der Waals surface area (Å²) in [6.07, 6.45) is -3.73. The van der Waals surface area contributed by atoms with Crippen molar-refractivity contribution in [3.8, 4) is 11.6 Å². The third kappa shape index (κ3) is 5.57. The monoisotopic (exact) mass is 502 g/mol. The number of nitrogens with one attached hydrogen (secondary N) is 2. The highest BCUT2D eigenvalue weighted by molar-refractivity contribution is 7.91. The lowest BCUT2D eigenvalue weighted by Crippen LogP contribution is -2.21. The molecule has 1 aromatic heterocycles. The van der Waals surface area contributed by atoms with Gasteiger partial charge in [0.15, 0.2) is 5.69 Å². The minimum absolute atomic E-state index is 0.0765. The Kier molecular flexibility index (Phi) is 6.61. The molecule has 1 heterocycles. The Morgan fingerprint density at radius 3 is 2.48 bits per heavy atom. The Morgan fingerprint density at radius 1 is 1.18 bits per heavy atom. The van der Waals surface area contributed by atoms with E-state index in [1.807, 2.05) is 0 Å². The number of carbonyl (C=O) groups is 1. The topological polar surface area (TPSA) is 105 Å². The number of aromatic nitrogens is 2. The second kappa shape index (κ2) is 8.94. The number of benzene rings is 2. The fourth-order valence-electron chi connectivity index (χ4n) is 2.77. The molecule has 0 fully saturated rings. The van der Waals surface area contributed by atoms with E-state index in [1.54, 1.807) is 0 Å². The smallest absolute Gasteiger partial charge is 0.435 e. The van der Waals surface area contributed by atoms with Crippen LogP contribution in [0.4, 0.5) is 23.2 Å². The number of hydrogen-bond acceptors (Lipinski definition) is 6. The quantitative estimate of drug-likeness (QED) is 0.437. The number of hydrogen-bond donors (Lipinski definition) is 2. The van der Waals surface area contributed by atoms with E-state index < -0.39 is 50.3 Å². The van der Waals surface area contributed by atoms with Crippen molar-refractivity contribution in [3.63, 3.8) is 0 Å². The van der Waals surface area contributed by atoms with Gasteiger partial charge < -0.3 is 10.1 Å². The number of rotatable bonds is 5. The van der Waals surface area contributed by atoms with Crippen LogP contribution in [0.3, 0.4) is 0 Å². The van der Waals surface area contributed by atoms with Crippen molar-refractivity contribution in [2.45, 2.75) is 18.0 Å². The van der Waals surface area contributed by atoms with Crippen LogP contribution < -0.4 is 10.1 Å². The molecular weight excluding hydrogens is 488 g/mol. The number of halogens is 5. The highest BCUT2D eigenvalue weighted by atomic mass is 35.5. The van der Waals surface area contributed by atoms with Crippen molar-refractivity contribution in [2.75, 3.05) is 11.6 Å². The predicted octanol–water partition coefficient (Wildman–Crippen LogP) is 5.68. The van der Waals surface area contributed by atoms with Gasteiger partial charge >= 0.3 is 6.18 Å². The molecule has 7 nitrogen and oxygen atoms in total. The largest absolute Gasteiger partial charge is 0.437 e. The Morgan fingerprint density at radius 2 is 1.88 bits per heavy atom. The summed E-state index contributed by atoms with van der Waals surface area (Å²) in [5.41, 5.74) is -2.50. The van der Waals surface area contributed by atoms with Gasteiger partial charge in [-0.15, -0.1) is 10.2 Å². The summed E-state index contributed by atoms with van der Waals surface area (Å²) in [5.74, 6) is -2.67. The van der Waals surface area contributed by atoms with Crippen molar-refractivity contribution in [1.82, 2.24) is 10.2 Å². The summed E-state index contributed by atoms with van der Waals surface area (Å²) < 4.78 is 78.8. The summed E-state index contributed by atoms with van der Waals surface area (Å²) in [5, 5.41) is 8.68. The van der Waals surface area contributed by atoms with E-state index >= 15 is 0 Å². The summed E-state index contributed by atoms with van der Waals surface area (Å²) in [6.45, 7) is 1.01. The predicted molar refractivity (Wildman–Crippen MR) is 113 cm³/mol. The zero-order valence-electron chi connectivity index (χ0n) is 17.0. The van der Waals surface area contributed by atoms with Gasteiger partial charge in [0.1, 0.15) is 17.1 Å². The summed E-state index contributed by atoms with van der Waals surface area (Å²) in [4.78, 5) is 13.1. The SMILES string of the molecule is Cc1c(C(F)(F)F)nnc(Oc2ccc(Cl)c(F)c2)c1C(=O)Nc1cccc(S(C)(=N)=O)c1. The molecule has 0 saturated heterocycles. The molecule has 0 saturated carbocycles. The van der Waals surface area contributed by atoms with Crippen LogP contribution in [0, 0.1) is 17.5 Å². The number of alkyl halides is 3. The van der Waals surface area contributed by atoms with Gasteiger partial charge in [0, 0.05) is 22.9 Å². The van der Waals surface area contributed by atoms with Crippen molar-refractivity contribution >= 4 is 32.9 Å². The van der Waals surface area contributed by atoms with Gasteiger partial charge in [-0.05, 0) is 42.8 Å². The molecule has 0 radical (unpaired) electrons. The molecule has 1 unspecified atom stereocenters. The van der Waals surface area contributed by atoms with Gasteiger partial charge in [0.05, 0.1) is 14.8 Å². The van der Waals surface area contributed by atoms with Crippen LogP contribution in [-0.2, 0) is 15.9 Å². The molecule has 1 amide bonds. The van der Waals surface area contributed by atoms with Crippen LogP contribution in [0.25, 0.3) is 0 Å². The minimum Gasteiger partial charge on any atom is -0.437 e. The number of nitrogens with zero attached hydrogens (tertiary/aromatic N) is 2. The lowest BCUT2D eigenvalue weighted by atomic mass is 10.1. The maximum atomic E-state index is 13.7. The molecule has 174 valence electrons. The highest BCUT2D eigenvalue weighted by Gasteiger charge is 2.38. The molecule has 33 heavy (non-hydrogen) atoms. The first kappa shape index (κ1) is 24.4. The van der Waals surface area contributed by atoms with Crippen molar-refractivity contribution in [3.05, 3.63) is 70.1 Å². The lowest BCUT2D eigenvalue weighted by Gasteiger charge is -2.16. The van der Waals surface area contributed by atoms with Gasteiger partial charge in [-0.3, -0.25) is 4.79 Å². The van der Waals surface area contributed by atoms with Gasteiger partial charge in [-0.2, -0.15) is 13.2 Å². The van der Waals surface area contributed by atoms with Crippen LogP contribution in [0.5, 0.6) is 11.6 Å². The molecule has 2 aromatic carbocycles. The first-order valence-corrected chi connectivity index (χ1v) is 11.3. The lowest BCUT2D eigenvalue weighted by molar-refractivity contribution is -0.142. The fourth-order valence-corrected chi connectivity index (χ4v) is 3.58. The first-order chi connectivity index (χ1) is 15.3. The van der Waals surface area contributed by atoms with E-state index in [4.69, 9.17) is 21.1 Å².